The number of nitrogens with zero attached hydrogens (tertiary/aromatic N) is 5. The van der Waals surface area contributed by atoms with E-state index in [1.54, 1.807) is 6.92 Å². The molecule has 0 bridgehead atoms. The fourth-order valence-electron chi connectivity index (χ4n) is 4.49. The second kappa shape index (κ2) is 8.65. The minimum absolute atomic E-state index is 0.0885. The fourth-order valence-corrected chi connectivity index (χ4v) is 4.49. The van der Waals surface area contributed by atoms with Crippen molar-refractivity contribution < 1.29 is 9.21 Å². The zero-order valence-corrected chi connectivity index (χ0v) is 19.0. The van der Waals surface area contributed by atoms with Gasteiger partial charge in [-0.3, -0.25) is 4.79 Å². The molecular weight excluding hydrogens is 390 g/mol. The van der Waals surface area contributed by atoms with Crippen molar-refractivity contribution in [2.24, 2.45) is 17.8 Å². The Kier molecular flexibility index (Phi) is 5.94. The summed E-state index contributed by atoms with van der Waals surface area (Å²) in [5.41, 5.74) is 3.25. The first-order chi connectivity index (χ1) is 14.8. The van der Waals surface area contributed by atoms with Crippen LogP contribution in [0.15, 0.2) is 34.7 Å². The van der Waals surface area contributed by atoms with Crippen LogP contribution in [-0.2, 0) is 6.42 Å². The molecule has 2 atom stereocenters. The summed E-state index contributed by atoms with van der Waals surface area (Å²) in [6.07, 6.45) is 2.02. The summed E-state index contributed by atoms with van der Waals surface area (Å²) < 4.78 is 7.48. The average molecular weight is 422 g/mol. The molecule has 1 aliphatic rings. The molecule has 2 aromatic heterocycles. The topological polar surface area (TPSA) is 77.1 Å². The standard InChI is InChI=1S/C24H31N5O2/c1-15(2)9-21-12-22(23-26-25-18(5)31-23)27-29(21)20-8-6-7-19(11-20)24(30)28-13-16(3)10-17(4)14-28/h6-8,11-12,15-17H,9-10,13-14H2,1-5H3. The van der Waals surface area contributed by atoms with Gasteiger partial charge in [-0.15, -0.1) is 10.2 Å². The third kappa shape index (κ3) is 4.70. The summed E-state index contributed by atoms with van der Waals surface area (Å²) in [7, 11) is 0. The fraction of sp³-hybridized carbons (Fsp3) is 0.500. The number of aromatic nitrogens is 4. The third-order valence-electron chi connectivity index (χ3n) is 5.64. The quantitative estimate of drug-likeness (QED) is 0.604. The van der Waals surface area contributed by atoms with Crippen LogP contribution in [0.4, 0.5) is 0 Å². The number of carbonyl (C=O) groups is 1. The maximum atomic E-state index is 13.2. The average Bonchev–Trinajstić information content (AvgIpc) is 3.32. The van der Waals surface area contributed by atoms with Crippen molar-refractivity contribution in [3.05, 3.63) is 47.5 Å². The Hall–Kier alpha value is -2.96. The van der Waals surface area contributed by atoms with Crippen molar-refractivity contribution >= 4 is 5.91 Å². The summed E-state index contributed by atoms with van der Waals surface area (Å²) in [5, 5.41) is 12.8. The minimum atomic E-state index is 0.0885. The van der Waals surface area contributed by atoms with Gasteiger partial charge in [0.25, 0.3) is 11.8 Å². The van der Waals surface area contributed by atoms with E-state index in [4.69, 9.17) is 9.52 Å². The SMILES string of the molecule is Cc1nnc(-c2cc(CC(C)C)n(-c3cccc(C(=O)N4CC(C)CC(C)C4)c3)n2)o1. The third-order valence-corrected chi connectivity index (χ3v) is 5.64. The summed E-state index contributed by atoms with van der Waals surface area (Å²) in [5.74, 6) is 2.51. The Morgan fingerprint density at radius 1 is 1.16 bits per heavy atom. The number of benzene rings is 1. The number of carbonyl (C=O) groups excluding carboxylic acids is 1. The lowest BCUT2D eigenvalue weighted by Crippen LogP contribution is -2.42. The molecule has 164 valence electrons. The molecule has 7 heteroatoms. The normalized spacial score (nSPS) is 19.2. The van der Waals surface area contributed by atoms with Crippen molar-refractivity contribution in [3.8, 4) is 17.3 Å². The van der Waals surface area contributed by atoms with Gasteiger partial charge in [0.05, 0.1) is 5.69 Å². The Balaban J connectivity index is 1.68. The van der Waals surface area contributed by atoms with Crippen LogP contribution in [0, 0.1) is 24.7 Å². The van der Waals surface area contributed by atoms with Gasteiger partial charge in [0.1, 0.15) is 5.69 Å². The molecule has 1 saturated heterocycles. The highest BCUT2D eigenvalue weighted by molar-refractivity contribution is 5.94. The van der Waals surface area contributed by atoms with Crippen LogP contribution < -0.4 is 0 Å². The van der Waals surface area contributed by atoms with E-state index in [1.165, 1.54) is 6.42 Å². The Morgan fingerprint density at radius 2 is 1.90 bits per heavy atom. The van der Waals surface area contributed by atoms with Gasteiger partial charge in [0.2, 0.25) is 5.89 Å². The molecule has 0 N–H and O–H groups in total. The molecule has 0 radical (unpaired) electrons. The van der Waals surface area contributed by atoms with Crippen LogP contribution >= 0.6 is 0 Å². The molecule has 1 fully saturated rings. The summed E-state index contributed by atoms with van der Waals surface area (Å²) in [6.45, 7) is 12.2. The second-order valence-corrected chi connectivity index (χ2v) is 9.36. The number of piperidine rings is 1. The summed E-state index contributed by atoms with van der Waals surface area (Å²) in [4.78, 5) is 15.2. The molecule has 0 aliphatic carbocycles. The molecule has 3 aromatic rings. The highest BCUT2D eigenvalue weighted by Gasteiger charge is 2.26. The molecule has 1 aromatic carbocycles. The molecule has 1 aliphatic heterocycles. The zero-order chi connectivity index (χ0) is 22.1. The molecule has 0 saturated carbocycles. The Bertz CT molecular complexity index is 1060. The second-order valence-electron chi connectivity index (χ2n) is 9.36. The number of hydrogen-bond donors (Lipinski definition) is 0. The number of amides is 1. The van der Waals surface area contributed by atoms with Crippen molar-refractivity contribution in [1.29, 1.82) is 0 Å². The zero-order valence-electron chi connectivity index (χ0n) is 19.0. The predicted octanol–water partition coefficient (Wildman–Crippen LogP) is 4.55. The monoisotopic (exact) mass is 421 g/mol. The molecule has 31 heavy (non-hydrogen) atoms. The largest absolute Gasteiger partial charge is 0.420 e. The highest BCUT2D eigenvalue weighted by Crippen LogP contribution is 2.25. The van der Waals surface area contributed by atoms with Gasteiger partial charge in [-0.2, -0.15) is 5.10 Å². The van der Waals surface area contributed by atoms with Crippen LogP contribution in [0.5, 0.6) is 0 Å². The van der Waals surface area contributed by atoms with Crippen molar-refractivity contribution in [2.75, 3.05) is 13.1 Å². The van der Waals surface area contributed by atoms with Crippen molar-refractivity contribution in [2.45, 2.75) is 47.5 Å². The van der Waals surface area contributed by atoms with Crippen LogP contribution in [0.3, 0.4) is 0 Å². The Labute approximate surface area is 183 Å². The molecule has 7 nitrogen and oxygen atoms in total. The van der Waals surface area contributed by atoms with E-state index in [1.807, 2.05) is 39.9 Å². The van der Waals surface area contributed by atoms with E-state index < -0.39 is 0 Å². The van der Waals surface area contributed by atoms with Gasteiger partial charge in [-0.05, 0) is 54.9 Å². The maximum absolute atomic E-state index is 13.2. The van der Waals surface area contributed by atoms with E-state index >= 15 is 0 Å². The molecule has 0 spiro atoms. The lowest BCUT2D eigenvalue weighted by atomic mass is 9.91. The van der Waals surface area contributed by atoms with Gasteiger partial charge in [0.15, 0.2) is 0 Å². The smallest absolute Gasteiger partial charge is 0.268 e. The Morgan fingerprint density at radius 3 is 2.55 bits per heavy atom. The number of aryl methyl sites for hydroxylation is 1. The lowest BCUT2D eigenvalue weighted by Gasteiger charge is -2.35. The van der Waals surface area contributed by atoms with E-state index in [-0.39, 0.29) is 5.91 Å². The van der Waals surface area contributed by atoms with Gasteiger partial charge in [-0.25, -0.2) is 4.68 Å². The first kappa shape index (κ1) is 21.3. The maximum Gasteiger partial charge on any atom is 0.268 e. The van der Waals surface area contributed by atoms with Gasteiger partial charge >= 0.3 is 0 Å². The van der Waals surface area contributed by atoms with Crippen LogP contribution in [0.25, 0.3) is 17.3 Å². The first-order valence-corrected chi connectivity index (χ1v) is 11.1. The van der Waals surface area contributed by atoms with Crippen molar-refractivity contribution in [3.63, 3.8) is 0 Å². The molecule has 4 rings (SSSR count). The van der Waals surface area contributed by atoms with Gasteiger partial charge in [0, 0.05) is 31.3 Å². The summed E-state index contributed by atoms with van der Waals surface area (Å²) in [6, 6.07) is 9.74. The summed E-state index contributed by atoms with van der Waals surface area (Å²) >= 11 is 0. The molecule has 2 unspecified atom stereocenters. The number of likely N-dealkylation sites (tertiary alicyclic amines) is 1. The number of rotatable bonds is 5. The van der Waals surface area contributed by atoms with Gasteiger partial charge in [-0.1, -0.05) is 33.8 Å². The van der Waals surface area contributed by atoms with E-state index in [0.717, 1.165) is 30.9 Å². The van der Waals surface area contributed by atoms with E-state index in [2.05, 4.69) is 37.9 Å². The van der Waals surface area contributed by atoms with Crippen LogP contribution in [0.2, 0.25) is 0 Å². The van der Waals surface area contributed by atoms with Gasteiger partial charge < -0.3 is 9.32 Å². The van der Waals surface area contributed by atoms with Crippen molar-refractivity contribution in [1.82, 2.24) is 24.9 Å². The molecular formula is C24H31N5O2. The lowest BCUT2D eigenvalue weighted by molar-refractivity contribution is 0.0623. The molecule has 1 amide bonds. The van der Waals surface area contributed by atoms with Crippen LogP contribution in [0.1, 0.15) is 56.1 Å². The van der Waals surface area contributed by atoms with Crippen LogP contribution in [-0.4, -0.2) is 43.9 Å². The predicted molar refractivity (Wildman–Crippen MR) is 119 cm³/mol. The highest BCUT2D eigenvalue weighted by atomic mass is 16.4. The molecule has 3 heterocycles. The first-order valence-electron chi connectivity index (χ1n) is 11.1. The van der Waals surface area contributed by atoms with E-state index in [0.29, 0.717) is 40.8 Å². The van der Waals surface area contributed by atoms with E-state index in [9.17, 15) is 4.79 Å². The number of hydrogen-bond acceptors (Lipinski definition) is 5. The minimum Gasteiger partial charge on any atom is -0.420 e.